The van der Waals surface area contributed by atoms with Crippen LogP contribution >= 0.6 is 0 Å². The molecular formula is C17H14N3Na2O6S2+. The molecule has 3 aromatic carbocycles. The van der Waals surface area contributed by atoms with E-state index in [1.807, 2.05) is 0 Å². The van der Waals surface area contributed by atoms with Crippen molar-refractivity contribution in [3.8, 4) is 0 Å². The molecule has 0 aliphatic heterocycles. The van der Waals surface area contributed by atoms with E-state index in [2.05, 4.69) is 10.2 Å². The number of nitrogens with two attached hydrogens (primary N) is 1. The molecule has 3 rings (SSSR count). The Morgan fingerprint density at radius 3 is 2.13 bits per heavy atom. The summed E-state index contributed by atoms with van der Waals surface area (Å²) in [6.07, 6.45) is 0. The predicted octanol–water partition coefficient (Wildman–Crippen LogP) is -2.70. The maximum absolute atomic E-state index is 11.8. The van der Waals surface area contributed by atoms with Gasteiger partial charge in [0.05, 0.1) is 16.3 Å². The van der Waals surface area contributed by atoms with E-state index in [4.69, 9.17) is 5.73 Å². The summed E-state index contributed by atoms with van der Waals surface area (Å²) in [6.45, 7) is 1.75. The van der Waals surface area contributed by atoms with Crippen LogP contribution in [0.25, 0.3) is 10.8 Å². The van der Waals surface area contributed by atoms with Crippen LogP contribution in [-0.4, -0.2) is 25.9 Å². The second-order valence-corrected chi connectivity index (χ2v) is 8.71. The summed E-state index contributed by atoms with van der Waals surface area (Å²) in [7, 11) is -9.63. The normalized spacial score (nSPS) is 11.8. The molecule has 0 fully saturated rings. The van der Waals surface area contributed by atoms with Gasteiger partial charge in [-0.3, -0.25) is 4.55 Å². The number of hydrogen-bond donors (Lipinski definition) is 2. The summed E-state index contributed by atoms with van der Waals surface area (Å²) >= 11 is 0. The van der Waals surface area contributed by atoms with Crippen molar-refractivity contribution in [1.29, 1.82) is 0 Å². The van der Waals surface area contributed by atoms with Crippen LogP contribution in [0.5, 0.6) is 0 Å². The molecule has 3 aromatic rings. The topological polar surface area (TPSA) is 162 Å². The molecule has 0 bridgehead atoms. The first kappa shape index (κ1) is 27.2. The molecule has 0 atom stereocenters. The molecular weight excluding hydrogens is 452 g/mol. The van der Waals surface area contributed by atoms with Gasteiger partial charge in [0.2, 0.25) is 0 Å². The van der Waals surface area contributed by atoms with Gasteiger partial charge in [-0.05, 0) is 48.9 Å². The van der Waals surface area contributed by atoms with E-state index in [1.54, 1.807) is 25.1 Å². The van der Waals surface area contributed by atoms with Crippen LogP contribution in [-0.2, 0) is 20.2 Å². The van der Waals surface area contributed by atoms with Crippen LogP contribution in [0.3, 0.4) is 0 Å². The van der Waals surface area contributed by atoms with Crippen molar-refractivity contribution in [2.45, 2.75) is 16.7 Å². The summed E-state index contributed by atoms with van der Waals surface area (Å²) < 4.78 is 67.7. The number of rotatable bonds is 4. The zero-order valence-corrected chi connectivity index (χ0v) is 22.0. The molecule has 0 aliphatic rings. The molecule has 0 spiro atoms. The molecule has 146 valence electrons. The Morgan fingerprint density at radius 2 is 1.57 bits per heavy atom. The first-order chi connectivity index (χ1) is 13.0. The standard InChI is InChI=1S/C17H15N3O6S2.2Na/c1-10-7-11(18)5-6-15(10)20-19-12-8-14-13(17(9-12)28(24,25)26)3-2-4-16(14)27(21,22)23;;/h2-9H,18H2,1H3,(H,21,22,23)(H,24,25,26);;/q;2*+1/p-1. The number of nitrogen functional groups attached to an aromatic ring is 1. The molecule has 3 N–H and O–H groups in total. The van der Waals surface area contributed by atoms with Crippen LogP contribution in [0.15, 0.2) is 68.6 Å². The first-order valence-electron chi connectivity index (χ1n) is 7.75. The van der Waals surface area contributed by atoms with Crippen molar-refractivity contribution in [1.82, 2.24) is 0 Å². The third-order valence-electron chi connectivity index (χ3n) is 3.94. The van der Waals surface area contributed by atoms with E-state index in [9.17, 15) is 25.9 Å². The summed E-state index contributed by atoms with van der Waals surface area (Å²) in [5.74, 6) is 0. The first-order valence-corrected chi connectivity index (χ1v) is 10.6. The Balaban J connectivity index is 0.00000225. The van der Waals surface area contributed by atoms with Gasteiger partial charge in [0.25, 0.3) is 10.1 Å². The Labute approximate surface area is 217 Å². The van der Waals surface area contributed by atoms with Crippen molar-refractivity contribution in [2.24, 2.45) is 10.2 Å². The van der Waals surface area contributed by atoms with E-state index in [0.29, 0.717) is 16.9 Å². The van der Waals surface area contributed by atoms with Gasteiger partial charge in [0, 0.05) is 16.5 Å². The van der Waals surface area contributed by atoms with Gasteiger partial charge in [-0.2, -0.15) is 18.6 Å². The number of nitrogens with zero attached hydrogens (tertiary/aromatic N) is 2. The summed E-state index contributed by atoms with van der Waals surface area (Å²) in [5.41, 5.74) is 7.30. The quantitative estimate of drug-likeness (QED) is 0.183. The summed E-state index contributed by atoms with van der Waals surface area (Å²) in [4.78, 5) is -1.21. The molecule has 0 heterocycles. The average Bonchev–Trinajstić information content (AvgIpc) is 2.58. The van der Waals surface area contributed by atoms with Crippen LogP contribution in [0.1, 0.15) is 5.56 Å². The Morgan fingerprint density at radius 1 is 0.900 bits per heavy atom. The van der Waals surface area contributed by atoms with Gasteiger partial charge in [0.1, 0.15) is 15.0 Å². The maximum Gasteiger partial charge on any atom is 1.00 e. The van der Waals surface area contributed by atoms with Gasteiger partial charge >= 0.3 is 59.1 Å². The molecule has 0 saturated carbocycles. The number of azo groups is 1. The summed E-state index contributed by atoms with van der Waals surface area (Å²) in [5, 5.41) is 7.62. The summed E-state index contributed by atoms with van der Waals surface area (Å²) in [6, 6.07) is 10.7. The average molecular weight is 466 g/mol. The fraction of sp³-hybridized carbons (Fsp3) is 0.0588. The zero-order chi connectivity index (χ0) is 20.7. The second-order valence-electron chi connectivity index (χ2n) is 5.97. The van der Waals surface area contributed by atoms with Gasteiger partial charge in [-0.15, -0.1) is 0 Å². The van der Waals surface area contributed by atoms with Crippen LogP contribution < -0.4 is 64.8 Å². The zero-order valence-electron chi connectivity index (χ0n) is 16.4. The third-order valence-corrected chi connectivity index (χ3v) is 5.73. The minimum Gasteiger partial charge on any atom is -0.744 e. The van der Waals surface area contributed by atoms with Crippen molar-refractivity contribution in [3.63, 3.8) is 0 Å². The van der Waals surface area contributed by atoms with Gasteiger partial charge in [-0.1, -0.05) is 12.1 Å². The second kappa shape index (κ2) is 10.2. The minimum absolute atomic E-state index is 0. The molecule has 0 radical (unpaired) electrons. The molecule has 0 aromatic heterocycles. The Kier molecular flexibility index (Phi) is 9.21. The molecule has 9 nitrogen and oxygen atoms in total. The molecule has 30 heavy (non-hydrogen) atoms. The largest absolute Gasteiger partial charge is 1.00 e. The maximum atomic E-state index is 11.8. The van der Waals surface area contributed by atoms with Gasteiger partial charge in [-0.25, -0.2) is 8.42 Å². The molecule has 0 saturated heterocycles. The van der Waals surface area contributed by atoms with E-state index in [1.165, 1.54) is 18.2 Å². The Hall–Kier alpha value is -0.860. The molecule has 0 unspecified atom stereocenters. The van der Waals surface area contributed by atoms with E-state index < -0.39 is 30.0 Å². The molecule has 0 aliphatic carbocycles. The minimum atomic E-state index is -4.90. The van der Waals surface area contributed by atoms with Gasteiger partial charge < -0.3 is 10.3 Å². The van der Waals surface area contributed by atoms with Crippen LogP contribution in [0.4, 0.5) is 17.1 Å². The number of aryl methyl sites for hydroxylation is 1. The SMILES string of the molecule is Cc1cc(N)ccc1N=Nc1cc(S(=O)(=O)O)c2cccc(S(=O)(=O)[O-])c2c1.[Na+].[Na+]. The number of anilines is 1. The Bertz CT molecular complexity index is 1340. The molecule has 13 heteroatoms. The third kappa shape index (κ3) is 6.10. The van der Waals surface area contributed by atoms with Crippen LogP contribution in [0.2, 0.25) is 0 Å². The fourth-order valence-electron chi connectivity index (χ4n) is 2.70. The monoisotopic (exact) mass is 466 g/mol. The number of benzene rings is 3. The van der Waals surface area contributed by atoms with Crippen molar-refractivity contribution < 1.29 is 85.1 Å². The molecule has 0 amide bonds. The smallest absolute Gasteiger partial charge is 0.744 e. The van der Waals surface area contributed by atoms with Crippen molar-refractivity contribution >= 4 is 48.1 Å². The van der Waals surface area contributed by atoms with Crippen molar-refractivity contribution in [2.75, 3.05) is 5.73 Å². The fourth-order valence-corrected chi connectivity index (χ4v) is 4.11. The predicted molar refractivity (Wildman–Crippen MR) is 101 cm³/mol. The van der Waals surface area contributed by atoms with Crippen LogP contribution in [0, 0.1) is 6.92 Å². The van der Waals surface area contributed by atoms with Gasteiger partial charge in [0.15, 0.2) is 0 Å². The number of hydrogen-bond acceptors (Lipinski definition) is 8. The van der Waals surface area contributed by atoms with E-state index in [0.717, 1.165) is 12.1 Å². The van der Waals surface area contributed by atoms with E-state index >= 15 is 0 Å². The van der Waals surface area contributed by atoms with E-state index in [-0.39, 0.29) is 75.6 Å². The van der Waals surface area contributed by atoms with Crippen molar-refractivity contribution in [3.05, 3.63) is 54.1 Å². The number of fused-ring (bicyclic) bond motifs is 1.